The number of rotatable bonds is 6. The molecule has 3 aromatic rings. The second kappa shape index (κ2) is 8.25. The maximum Gasteiger partial charge on any atom is 0.311 e. The predicted octanol–water partition coefficient (Wildman–Crippen LogP) is 4.69. The van der Waals surface area contributed by atoms with E-state index < -0.39 is 11.8 Å². The summed E-state index contributed by atoms with van der Waals surface area (Å²) < 4.78 is 18.4. The number of para-hydroxylation sites is 1. The maximum atomic E-state index is 13.4. The van der Waals surface area contributed by atoms with E-state index in [1.165, 1.54) is 18.2 Å². The molecule has 0 atom stereocenters. The van der Waals surface area contributed by atoms with Gasteiger partial charge in [0.25, 0.3) is 0 Å². The fraction of sp³-hybridized carbons (Fsp3) is 0.143. The lowest BCUT2D eigenvalue weighted by molar-refractivity contribution is -0.134. The zero-order valence-electron chi connectivity index (χ0n) is 14.1. The standard InChI is InChI=1S/C21H18FNO3/c22-17-10-3-4-12-19(17)26-21(25)14-6-13-20(24)23-18-11-5-8-15-7-1-2-9-16(15)18/h1-5,7-12H,6,13-14H2,(H,23,24). The van der Waals surface area contributed by atoms with Gasteiger partial charge in [-0.2, -0.15) is 0 Å². The second-order valence-electron chi connectivity index (χ2n) is 5.83. The Bertz CT molecular complexity index is 934. The molecule has 5 heteroatoms. The molecular weight excluding hydrogens is 333 g/mol. The van der Waals surface area contributed by atoms with Crippen LogP contribution in [0.15, 0.2) is 66.7 Å². The van der Waals surface area contributed by atoms with Crippen LogP contribution in [0, 0.1) is 5.82 Å². The number of benzene rings is 3. The highest BCUT2D eigenvalue weighted by molar-refractivity contribution is 6.02. The highest BCUT2D eigenvalue weighted by Crippen LogP contribution is 2.23. The van der Waals surface area contributed by atoms with Crippen molar-refractivity contribution in [2.45, 2.75) is 19.3 Å². The Hall–Kier alpha value is -3.21. The van der Waals surface area contributed by atoms with Gasteiger partial charge < -0.3 is 10.1 Å². The van der Waals surface area contributed by atoms with E-state index in [2.05, 4.69) is 5.32 Å². The summed E-state index contributed by atoms with van der Waals surface area (Å²) in [5, 5.41) is 4.87. The van der Waals surface area contributed by atoms with Crippen LogP contribution in [0.4, 0.5) is 10.1 Å². The first-order chi connectivity index (χ1) is 12.6. The number of carbonyl (C=O) groups is 2. The zero-order valence-corrected chi connectivity index (χ0v) is 14.1. The third kappa shape index (κ3) is 4.45. The number of halogens is 1. The molecule has 0 aliphatic rings. The van der Waals surface area contributed by atoms with Gasteiger partial charge in [-0.05, 0) is 30.0 Å². The minimum Gasteiger partial charge on any atom is -0.423 e. The third-order valence-corrected chi connectivity index (χ3v) is 3.91. The van der Waals surface area contributed by atoms with E-state index in [0.29, 0.717) is 6.42 Å². The minimum absolute atomic E-state index is 0.0390. The number of hydrogen-bond donors (Lipinski definition) is 1. The second-order valence-corrected chi connectivity index (χ2v) is 5.83. The molecule has 132 valence electrons. The Morgan fingerprint density at radius 2 is 1.62 bits per heavy atom. The van der Waals surface area contributed by atoms with Crippen molar-refractivity contribution >= 4 is 28.3 Å². The van der Waals surface area contributed by atoms with Crippen LogP contribution in [0.2, 0.25) is 0 Å². The number of anilines is 1. The molecule has 3 aromatic carbocycles. The fourth-order valence-electron chi connectivity index (χ4n) is 2.64. The van der Waals surface area contributed by atoms with Gasteiger partial charge >= 0.3 is 5.97 Å². The quantitative estimate of drug-likeness (QED) is 0.518. The van der Waals surface area contributed by atoms with Crippen molar-refractivity contribution in [3.8, 4) is 5.75 Å². The molecule has 0 aliphatic heterocycles. The molecule has 0 fully saturated rings. The Kier molecular flexibility index (Phi) is 5.59. The number of amides is 1. The van der Waals surface area contributed by atoms with Gasteiger partial charge in [0.1, 0.15) is 0 Å². The van der Waals surface area contributed by atoms with Crippen LogP contribution in [0.25, 0.3) is 10.8 Å². The summed E-state index contributed by atoms with van der Waals surface area (Å²) >= 11 is 0. The van der Waals surface area contributed by atoms with E-state index >= 15 is 0 Å². The van der Waals surface area contributed by atoms with Crippen molar-refractivity contribution < 1.29 is 18.7 Å². The Morgan fingerprint density at radius 1 is 0.885 bits per heavy atom. The summed E-state index contributed by atoms with van der Waals surface area (Å²) in [7, 11) is 0. The molecule has 3 rings (SSSR count). The van der Waals surface area contributed by atoms with Crippen LogP contribution in [0.1, 0.15) is 19.3 Å². The van der Waals surface area contributed by atoms with Crippen LogP contribution in [0.5, 0.6) is 5.75 Å². The van der Waals surface area contributed by atoms with E-state index in [1.807, 2.05) is 42.5 Å². The summed E-state index contributed by atoms with van der Waals surface area (Å²) in [5.74, 6) is -1.43. The molecule has 26 heavy (non-hydrogen) atoms. The number of carbonyl (C=O) groups excluding carboxylic acids is 2. The first kappa shape index (κ1) is 17.6. The first-order valence-corrected chi connectivity index (χ1v) is 8.36. The molecule has 4 nitrogen and oxygen atoms in total. The van der Waals surface area contributed by atoms with Crippen LogP contribution in [-0.4, -0.2) is 11.9 Å². The van der Waals surface area contributed by atoms with Crippen LogP contribution >= 0.6 is 0 Å². The Morgan fingerprint density at radius 3 is 2.46 bits per heavy atom. The lowest BCUT2D eigenvalue weighted by atomic mass is 10.1. The summed E-state index contributed by atoms with van der Waals surface area (Å²) in [4.78, 5) is 23.9. The van der Waals surface area contributed by atoms with Gasteiger partial charge in [0.2, 0.25) is 5.91 Å². The summed E-state index contributed by atoms with van der Waals surface area (Å²) in [6, 6.07) is 19.2. The van der Waals surface area contributed by atoms with Crippen molar-refractivity contribution in [1.82, 2.24) is 0 Å². The van der Waals surface area contributed by atoms with E-state index in [4.69, 9.17) is 4.74 Å². The van der Waals surface area contributed by atoms with E-state index in [1.54, 1.807) is 6.07 Å². The number of ether oxygens (including phenoxy) is 1. The average Bonchev–Trinajstić information content (AvgIpc) is 2.64. The lowest BCUT2D eigenvalue weighted by Crippen LogP contribution is -2.14. The van der Waals surface area contributed by atoms with E-state index in [9.17, 15) is 14.0 Å². The van der Waals surface area contributed by atoms with Crippen LogP contribution < -0.4 is 10.1 Å². The number of nitrogens with one attached hydrogen (secondary N) is 1. The largest absolute Gasteiger partial charge is 0.423 e. The molecule has 1 N–H and O–H groups in total. The van der Waals surface area contributed by atoms with Crippen molar-refractivity contribution in [2.75, 3.05) is 5.32 Å². The van der Waals surface area contributed by atoms with E-state index in [0.717, 1.165) is 16.5 Å². The summed E-state index contributed by atoms with van der Waals surface area (Å²) in [6.07, 6.45) is 0.538. The molecule has 1 amide bonds. The van der Waals surface area contributed by atoms with Crippen LogP contribution in [0.3, 0.4) is 0 Å². The molecule has 0 unspecified atom stereocenters. The van der Waals surface area contributed by atoms with Crippen molar-refractivity contribution in [1.29, 1.82) is 0 Å². The monoisotopic (exact) mass is 351 g/mol. The molecule has 0 aromatic heterocycles. The highest BCUT2D eigenvalue weighted by Gasteiger charge is 2.11. The normalized spacial score (nSPS) is 10.5. The Labute approximate surface area is 150 Å². The topological polar surface area (TPSA) is 55.4 Å². The lowest BCUT2D eigenvalue weighted by Gasteiger charge is -2.09. The number of fused-ring (bicyclic) bond motifs is 1. The van der Waals surface area contributed by atoms with E-state index in [-0.39, 0.29) is 24.5 Å². The van der Waals surface area contributed by atoms with Crippen LogP contribution in [-0.2, 0) is 9.59 Å². The molecule has 0 saturated carbocycles. The third-order valence-electron chi connectivity index (χ3n) is 3.91. The predicted molar refractivity (Wildman–Crippen MR) is 98.5 cm³/mol. The van der Waals surface area contributed by atoms with Gasteiger partial charge in [0.15, 0.2) is 11.6 Å². The smallest absolute Gasteiger partial charge is 0.311 e. The summed E-state index contributed by atoms with van der Waals surface area (Å²) in [5.41, 5.74) is 0.738. The minimum atomic E-state index is -0.588. The van der Waals surface area contributed by atoms with Crippen molar-refractivity contribution in [3.63, 3.8) is 0 Å². The molecule has 0 spiro atoms. The SMILES string of the molecule is O=C(CCCC(=O)Oc1ccccc1F)Nc1cccc2ccccc12. The number of hydrogen-bond acceptors (Lipinski definition) is 3. The van der Waals surface area contributed by atoms with Gasteiger partial charge in [-0.15, -0.1) is 0 Å². The highest BCUT2D eigenvalue weighted by atomic mass is 19.1. The molecule has 0 saturated heterocycles. The van der Waals surface area contributed by atoms with Gasteiger partial charge in [-0.1, -0.05) is 48.5 Å². The van der Waals surface area contributed by atoms with Gasteiger partial charge in [-0.3, -0.25) is 9.59 Å². The molecule has 0 radical (unpaired) electrons. The average molecular weight is 351 g/mol. The zero-order chi connectivity index (χ0) is 18.4. The van der Waals surface area contributed by atoms with Crippen molar-refractivity contribution in [3.05, 3.63) is 72.5 Å². The maximum absolute atomic E-state index is 13.4. The first-order valence-electron chi connectivity index (χ1n) is 8.36. The van der Waals surface area contributed by atoms with Crippen molar-refractivity contribution in [2.24, 2.45) is 0 Å². The fourth-order valence-corrected chi connectivity index (χ4v) is 2.64. The molecule has 0 bridgehead atoms. The Balaban J connectivity index is 1.50. The molecule has 0 aliphatic carbocycles. The molecular formula is C21H18FNO3. The van der Waals surface area contributed by atoms with Gasteiger partial charge in [0, 0.05) is 23.9 Å². The van der Waals surface area contributed by atoms with Gasteiger partial charge in [-0.25, -0.2) is 4.39 Å². The summed E-state index contributed by atoms with van der Waals surface area (Å²) in [6.45, 7) is 0. The number of esters is 1. The van der Waals surface area contributed by atoms with Gasteiger partial charge in [0.05, 0.1) is 0 Å². The molecule has 0 heterocycles.